The predicted molar refractivity (Wildman–Crippen MR) is 95.2 cm³/mol. The fourth-order valence-electron chi connectivity index (χ4n) is 2.38. The molecule has 1 amide bonds. The quantitative estimate of drug-likeness (QED) is 0.700. The van der Waals surface area contributed by atoms with Gasteiger partial charge in [0.15, 0.2) is 0 Å². The summed E-state index contributed by atoms with van der Waals surface area (Å²) < 4.78 is 5.28. The molecule has 0 atom stereocenters. The lowest BCUT2D eigenvalue weighted by molar-refractivity contribution is 0.0663. The molecule has 0 saturated heterocycles. The molecule has 3 rings (SSSR count). The molecule has 0 spiro atoms. The fourth-order valence-corrected chi connectivity index (χ4v) is 2.59. The lowest BCUT2D eigenvalue weighted by atomic mass is 10.1. The Bertz CT molecular complexity index is 962. The number of hydrogen-bond donors (Lipinski definition) is 2. The Balaban J connectivity index is 1.88. The third-order valence-electron chi connectivity index (χ3n) is 3.59. The van der Waals surface area contributed by atoms with Crippen LogP contribution in [0.3, 0.4) is 0 Å². The van der Waals surface area contributed by atoms with Gasteiger partial charge < -0.3 is 14.8 Å². The van der Waals surface area contributed by atoms with Crippen molar-refractivity contribution in [2.45, 2.75) is 6.92 Å². The van der Waals surface area contributed by atoms with Gasteiger partial charge in [0.1, 0.15) is 5.76 Å². The molecule has 25 heavy (non-hydrogen) atoms. The van der Waals surface area contributed by atoms with Gasteiger partial charge in [-0.05, 0) is 49.4 Å². The number of rotatable bonds is 4. The number of halogens is 1. The first-order valence-corrected chi connectivity index (χ1v) is 7.83. The molecule has 0 radical (unpaired) electrons. The summed E-state index contributed by atoms with van der Waals surface area (Å²) in [5.74, 6) is -1.27. The van der Waals surface area contributed by atoms with Gasteiger partial charge in [0.25, 0.3) is 5.91 Å². The lowest BCUT2D eigenvalue weighted by Gasteiger charge is -2.08. The maximum absolute atomic E-state index is 12.3. The van der Waals surface area contributed by atoms with Crippen molar-refractivity contribution in [3.05, 3.63) is 76.5 Å². The monoisotopic (exact) mass is 355 g/mol. The van der Waals surface area contributed by atoms with Crippen LogP contribution in [-0.4, -0.2) is 17.0 Å². The van der Waals surface area contributed by atoms with Crippen LogP contribution in [0.15, 0.2) is 59.0 Å². The normalized spacial score (nSPS) is 10.5. The fraction of sp³-hybridized carbons (Fsp3) is 0.0526. The van der Waals surface area contributed by atoms with Crippen molar-refractivity contribution >= 4 is 29.2 Å². The summed E-state index contributed by atoms with van der Waals surface area (Å²) in [5.41, 5.74) is 2.55. The summed E-state index contributed by atoms with van der Waals surface area (Å²) in [6, 6.07) is 15.0. The van der Waals surface area contributed by atoms with Crippen molar-refractivity contribution in [1.82, 2.24) is 0 Å². The van der Waals surface area contributed by atoms with Crippen molar-refractivity contribution in [3.8, 4) is 11.3 Å². The maximum atomic E-state index is 12.3. The van der Waals surface area contributed by atoms with Crippen LogP contribution in [0.25, 0.3) is 11.3 Å². The minimum absolute atomic E-state index is 0.180. The SMILES string of the molecule is Cc1cccc(C(=O)Nc2ccc(Cl)c(-c3ccc(C(=O)O)o3)c2)c1. The van der Waals surface area contributed by atoms with Gasteiger partial charge in [-0.25, -0.2) is 4.79 Å². The van der Waals surface area contributed by atoms with Gasteiger partial charge in [-0.3, -0.25) is 4.79 Å². The number of nitrogens with one attached hydrogen (secondary N) is 1. The molecule has 1 heterocycles. The molecule has 0 aliphatic carbocycles. The van der Waals surface area contributed by atoms with Crippen molar-refractivity contribution < 1.29 is 19.1 Å². The minimum Gasteiger partial charge on any atom is -0.475 e. The molecular formula is C19H14ClNO4. The van der Waals surface area contributed by atoms with E-state index in [0.29, 0.717) is 27.6 Å². The van der Waals surface area contributed by atoms with Crippen LogP contribution >= 0.6 is 11.6 Å². The number of benzene rings is 2. The topological polar surface area (TPSA) is 79.5 Å². The number of hydrogen-bond acceptors (Lipinski definition) is 3. The highest BCUT2D eigenvalue weighted by atomic mass is 35.5. The second-order valence-corrected chi connectivity index (χ2v) is 5.89. The van der Waals surface area contributed by atoms with E-state index in [9.17, 15) is 9.59 Å². The Morgan fingerprint density at radius 2 is 1.88 bits per heavy atom. The van der Waals surface area contributed by atoms with Crippen LogP contribution in [-0.2, 0) is 0 Å². The van der Waals surface area contributed by atoms with E-state index in [-0.39, 0.29) is 11.7 Å². The van der Waals surface area contributed by atoms with Crippen LogP contribution in [0.1, 0.15) is 26.5 Å². The standard InChI is InChI=1S/C19H14ClNO4/c1-11-3-2-4-12(9-11)18(22)21-13-5-6-15(20)14(10-13)16-7-8-17(25-16)19(23)24/h2-10H,1H3,(H,21,22)(H,23,24). The summed E-state index contributed by atoms with van der Waals surface area (Å²) in [4.78, 5) is 23.3. The van der Waals surface area contributed by atoms with E-state index in [0.717, 1.165) is 5.56 Å². The van der Waals surface area contributed by atoms with Crippen LogP contribution in [0.5, 0.6) is 0 Å². The van der Waals surface area contributed by atoms with E-state index in [4.69, 9.17) is 21.1 Å². The average molecular weight is 356 g/mol. The molecule has 0 bridgehead atoms. The van der Waals surface area contributed by atoms with E-state index in [1.807, 2.05) is 19.1 Å². The van der Waals surface area contributed by atoms with Gasteiger partial charge in [0.05, 0.1) is 5.02 Å². The molecule has 2 N–H and O–H groups in total. The summed E-state index contributed by atoms with van der Waals surface area (Å²) >= 11 is 6.17. The highest BCUT2D eigenvalue weighted by Crippen LogP contribution is 2.32. The summed E-state index contributed by atoms with van der Waals surface area (Å²) in [6.45, 7) is 1.91. The number of amides is 1. The van der Waals surface area contributed by atoms with Gasteiger partial charge in [0.2, 0.25) is 5.76 Å². The Morgan fingerprint density at radius 1 is 1.08 bits per heavy atom. The van der Waals surface area contributed by atoms with Gasteiger partial charge >= 0.3 is 5.97 Å². The first-order valence-electron chi connectivity index (χ1n) is 7.45. The highest BCUT2D eigenvalue weighted by Gasteiger charge is 2.14. The second kappa shape index (κ2) is 6.83. The molecule has 0 unspecified atom stereocenters. The van der Waals surface area contributed by atoms with Crippen molar-refractivity contribution in [2.24, 2.45) is 0 Å². The number of carboxylic acid groups (broad SMARTS) is 1. The van der Waals surface area contributed by atoms with E-state index in [1.54, 1.807) is 30.3 Å². The van der Waals surface area contributed by atoms with Crippen molar-refractivity contribution in [3.63, 3.8) is 0 Å². The minimum atomic E-state index is -1.16. The molecule has 2 aromatic carbocycles. The Kier molecular flexibility index (Phi) is 4.59. The summed E-state index contributed by atoms with van der Waals surface area (Å²) in [5, 5.41) is 12.1. The maximum Gasteiger partial charge on any atom is 0.371 e. The van der Waals surface area contributed by atoms with E-state index < -0.39 is 5.97 Å². The van der Waals surface area contributed by atoms with Crippen LogP contribution < -0.4 is 5.32 Å². The Morgan fingerprint density at radius 3 is 2.56 bits per heavy atom. The average Bonchev–Trinajstić information content (AvgIpc) is 3.06. The van der Waals surface area contributed by atoms with Crippen LogP contribution in [0.2, 0.25) is 5.02 Å². The van der Waals surface area contributed by atoms with Crippen LogP contribution in [0.4, 0.5) is 5.69 Å². The Hall–Kier alpha value is -3.05. The summed E-state index contributed by atoms with van der Waals surface area (Å²) in [7, 11) is 0. The van der Waals surface area contributed by atoms with Crippen LogP contribution in [0, 0.1) is 6.92 Å². The molecule has 1 aromatic heterocycles. The zero-order chi connectivity index (χ0) is 18.0. The first-order chi connectivity index (χ1) is 11.9. The third-order valence-corrected chi connectivity index (χ3v) is 3.92. The van der Waals surface area contributed by atoms with Crippen molar-refractivity contribution in [2.75, 3.05) is 5.32 Å². The predicted octanol–water partition coefficient (Wildman–Crippen LogP) is 4.86. The number of carboxylic acids is 1. The molecule has 3 aromatic rings. The molecule has 6 heteroatoms. The number of aromatic carboxylic acids is 1. The molecule has 5 nitrogen and oxygen atoms in total. The highest BCUT2D eigenvalue weighted by molar-refractivity contribution is 6.33. The first kappa shape index (κ1) is 16.8. The van der Waals surface area contributed by atoms with Gasteiger partial charge in [-0.15, -0.1) is 0 Å². The van der Waals surface area contributed by atoms with Gasteiger partial charge in [-0.2, -0.15) is 0 Å². The van der Waals surface area contributed by atoms with E-state index in [1.165, 1.54) is 12.1 Å². The number of furan rings is 1. The van der Waals surface area contributed by atoms with Gasteiger partial charge in [-0.1, -0.05) is 29.3 Å². The van der Waals surface area contributed by atoms with Crippen molar-refractivity contribution in [1.29, 1.82) is 0 Å². The molecule has 0 aliphatic heterocycles. The van der Waals surface area contributed by atoms with E-state index >= 15 is 0 Å². The molecule has 0 saturated carbocycles. The largest absolute Gasteiger partial charge is 0.475 e. The number of aryl methyl sites for hydroxylation is 1. The zero-order valence-electron chi connectivity index (χ0n) is 13.2. The Labute approximate surface area is 148 Å². The third kappa shape index (κ3) is 3.72. The number of carbonyl (C=O) groups is 2. The lowest BCUT2D eigenvalue weighted by Crippen LogP contribution is -2.11. The summed E-state index contributed by atoms with van der Waals surface area (Å²) in [6.07, 6.45) is 0. The number of carbonyl (C=O) groups excluding carboxylic acids is 1. The molecular weight excluding hydrogens is 342 g/mol. The molecule has 0 aliphatic rings. The second-order valence-electron chi connectivity index (χ2n) is 5.49. The smallest absolute Gasteiger partial charge is 0.371 e. The van der Waals surface area contributed by atoms with E-state index in [2.05, 4.69) is 5.32 Å². The van der Waals surface area contributed by atoms with Gasteiger partial charge in [0, 0.05) is 16.8 Å². The zero-order valence-corrected chi connectivity index (χ0v) is 14.0. The molecule has 126 valence electrons. The molecule has 0 fully saturated rings. The number of anilines is 1.